The molecule has 18 heavy (non-hydrogen) atoms. The molecular weight excluding hydrogens is 258 g/mol. The van der Waals surface area contributed by atoms with Crippen LogP contribution in [0.5, 0.6) is 0 Å². The first-order chi connectivity index (χ1) is 8.25. The van der Waals surface area contributed by atoms with Gasteiger partial charge in [0.15, 0.2) is 0 Å². The third kappa shape index (κ3) is 3.10. The topological polar surface area (TPSA) is 98.3 Å². The van der Waals surface area contributed by atoms with Crippen molar-refractivity contribution in [1.82, 2.24) is 0 Å². The number of nitro benzene ring substituents is 1. The number of hydrogen-bond acceptors (Lipinski definition) is 4. The number of nitro groups is 1. The third-order valence-corrected chi connectivity index (χ3v) is 2.88. The summed E-state index contributed by atoms with van der Waals surface area (Å²) in [6.45, 7) is 3.45. The third-order valence-electron chi connectivity index (χ3n) is 2.56. The highest BCUT2D eigenvalue weighted by Crippen LogP contribution is 2.32. The Bertz CT molecular complexity index is 488. The molecule has 0 aromatic heterocycles. The van der Waals surface area contributed by atoms with Crippen LogP contribution < -0.4 is 11.1 Å². The molecule has 0 heterocycles. The van der Waals surface area contributed by atoms with Gasteiger partial charge in [-0.25, -0.2) is 0 Å². The highest BCUT2D eigenvalue weighted by atomic mass is 35.5. The van der Waals surface area contributed by atoms with E-state index in [0.29, 0.717) is 0 Å². The van der Waals surface area contributed by atoms with Crippen LogP contribution in [0.15, 0.2) is 18.2 Å². The van der Waals surface area contributed by atoms with Crippen molar-refractivity contribution < 1.29 is 9.72 Å². The summed E-state index contributed by atoms with van der Waals surface area (Å²) in [7, 11) is 0. The number of carbonyl (C=O) groups is 1. The van der Waals surface area contributed by atoms with E-state index in [2.05, 4.69) is 5.32 Å². The van der Waals surface area contributed by atoms with Crippen molar-refractivity contribution in [3.8, 4) is 0 Å². The van der Waals surface area contributed by atoms with Gasteiger partial charge in [-0.05, 0) is 19.9 Å². The Morgan fingerprint density at radius 2 is 2.17 bits per heavy atom. The lowest BCUT2D eigenvalue weighted by Gasteiger charge is -2.21. The van der Waals surface area contributed by atoms with Crippen molar-refractivity contribution in [2.45, 2.75) is 13.8 Å². The summed E-state index contributed by atoms with van der Waals surface area (Å²) in [6.07, 6.45) is 0. The van der Waals surface area contributed by atoms with Gasteiger partial charge >= 0.3 is 0 Å². The van der Waals surface area contributed by atoms with Crippen LogP contribution in [0.2, 0.25) is 5.02 Å². The number of nitrogens with one attached hydrogen (secondary N) is 1. The van der Waals surface area contributed by atoms with Crippen molar-refractivity contribution >= 4 is 28.9 Å². The average Bonchev–Trinajstić information content (AvgIpc) is 2.26. The van der Waals surface area contributed by atoms with Crippen LogP contribution >= 0.6 is 11.6 Å². The smallest absolute Gasteiger partial charge is 0.293 e. The molecule has 0 aliphatic heterocycles. The first kappa shape index (κ1) is 14.2. The average molecular weight is 272 g/mol. The van der Waals surface area contributed by atoms with E-state index in [1.54, 1.807) is 13.8 Å². The number of anilines is 1. The molecular formula is C11H14ClN3O3. The molecule has 1 aromatic carbocycles. The summed E-state index contributed by atoms with van der Waals surface area (Å²) in [5, 5.41) is 13.9. The van der Waals surface area contributed by atoms with E-state index in [1.807, 2.05) is 0 Å². The fourth-order valence-electron chi connectivity index (χ4n) is 1.24. The van der Waals surface area contributed by atoms with E-state index in [-0.39, 0.29) is 22.9 Å². The molecule has 0 spiro atoms. The highest BCUT2D eigenvalue weighted by molar-refractivity contribution is 6.33. The minimum absolute atomic E-state index is 0.136. The standard InChI is InChI=1S/C11H14ClN3O3/c1-11(2,10(13)16)6-14-9-7(12)4-3-5-8(9)15(17)18/h3-5,14H,6H2,1-2H3,(H2,13,16). The van der Waals surface area contributed by atoms with Gasteiger partial charge in [0.2, 0.25) is 5.91 Å². The Hall–Kier alpha value is -1.82. The molecule has 7 heteroatoms. The van der Waals surface area contributed by atoms with E-state index in [1.165, 1.54) is 18.2 Å². The summed E-state index contributed by atoms with van der Waals surface area (Å²) in [5.41, 5.74) is 4.45. The van der Waals surface area contributed by atoms with E-state index >= 15 is 0 Å². The first-order valence-electron chi connectivity index (χ1n) is 5.22. The molecule has 1 rings (SSSR count). The molecule has 0 fully saturated rings. The van der Waals surface area contributed by atoms with Gasteiger partial charge in [-0.2, -0.15) is 0 Å². The number of halogens is 1. The lowest BCUT2D eigenvalue weighted by Crippen LogP contribution is -2.37. The number of para-hydroxylation sites is 1. The number of primary amides is 1. The van der Waals surface area contributed by atoms with Crippen LogP contribution in [-0.2, 0) is 4.79 Å². The number of nitrogens with two attached hydrogens (primary N) is 1. The molecule has 0 unspecified atom stereocenters. The first-order valence-corrected chi connectivity index (χ1v) is 5.60. The second-order valence-corrected chi connectivity index (χ2v) is 4.90. The number of hydrogen-bond donors (Lipinski definition) is 2. The number of benzene rings is 1. The van der Waals surface area contributed by atoms with Gasteiger partial charge in [0.25, 0.3) is 5.69 Å². The lowest BCUT2D eigenvalue weighted by atomic mass is 9.92. The van der Waals surface area contributed by atoms with Crippen LogP contribution in [0.1, 0.15) is 13.8 Å². The van der Waals surface area contributed by atoms with Crippen LogP contribution in [0.3, 0.4) is 0 Å². The number of rotatable bonds is 5. The molecule has 0 saturated heterocycles. The number of amides is 1. The molecule has 0 aliphatic rings. The molecule has 0 bridgehead atoms. The van der Waals surface area contributed by atoms with Gasteiger partial charge < -0.3 is 11.1 Å². The second-order valence-electron chi connectivity index (χ2n) is 4.49. The predicted molar refractivity (Wildman–Crippen MR) is 69.6 cm³/mol. The van der Waals surface area contributed by atoms with Crippen molar-refractivity contribution in [3.05, 3.63) is 33.3 Å². The van der Waals surface area contributed by atoms with E-state index in [4.69, 9.17) is 17.3 Å². The van der Waals surface area contributed by atoms with Crippen molar-refractivity contribution in [3.63, 3.8) is 0 Å². The Labute approximate surface area is 109 Å². The van der Waals surface area contributed by atoms with Crippen LogP contribution in [-0.4, -0.2) is 17.4 Å². The van der Waals surface area contributed by atoms with Crippen molar-refractivity contribution in [1.29, 1.82) is 0 Å². The minimum Gasteiger partial charge on any atom is -0.377 e. The maximum Gasteiger partial charge on any atom is 0.293 e. The summed E-state index contributed by atoms with van der Waals surface area (Å²) in [5.74, 6) is -0.496. The van der Waals surface area contributed by atoms with Gasteiger partial charge in [0.05, 0.1) is 15.4 Å². The predicted octanol–water partition coefficient (Wildman–Crippen LogP) is 2.17. The molecule has 6 nitrogen and oxygen atoms in total. The van der Waals surface area contributed by atoms with Gasteiger partial charge in [0, 0.05) is 12.6 Å². The number of nitrogens with zero attached hydrogens (tertiary/aromatic N) is 1. The molecule has 0 aliphatic carbocycles. The SMILES string of the molecule is CC(C)(CNc1c(Cl)cccc1[N+](=O)[O-])C(N)=O. The molecule has 3 N–H and O–H groups in total. The summed E-state index contributed by atoms with van der Waals surface area (Å²) < 4.78 is 0. The van der Waals surface area contributed by atoms with Crippen LogP contribution in [0, 0.1) is 15.5 Å². The zero-order valence-corrected chi connectivity index (χ0v) is 10.8. The Kier molecular flexibility index (Phi) is 4.13. The Morgan fingerprint density at radius 3 is 2.67 bits per heavy atom. The van der Waals surface area contributed by atoms with Gasteiger partial charge in [-0.3, -0.25) is 14.9 Å². The highest BCUT2D eigenvalue weighted by Gasteiger charge is 2.26. The fourth-order valence-corrected chi connectivity index (χ4v) is 1.47. The van der Waals surface area contributed by atoms with Crippen molar-refractivity contribution in [2.24, 2.45) is 11.1 Å². The largest absolute Gasteiger partial charge is 0.377 e. The molecule has 1 aromatic rings. The molecule has 0 radical (unpaired) electrons. The lowest BCUT2D eigenvalue weighted by molar-refractivity contribution is -0.384. The zero-order chi connectivity index (χ0) is 13.9. The van der Waals surface area contributed by atoms with Crippen molar-refractivity contribution in [2.75, 3.05) is 11.9 Å². The maximum atomic E-state index is 11.2. The van der Waals surface area contributed by atoms with E-state index in [0.717, 1.165) is 0 Å². The molecule has 0 atom stereocenters. The maximum absolute atomic E-state index is 11.2. The molecule has 1 amide bonds. The van der Waals surface area contributed by atoms with Gasteiger partial charge in [-0.1, -0.05) is 17.7 Å². The fraction of sp³-hybridized carbons (Fsp3) is 0.364. The summed E-state index contributed by atoms with van der Waals surface area (Å²) >= 11 is 5.90. The summed E-state index contributed by atoms with van der Waals surface area (Å²) in [4.78, 5) is 21.5. The van der Waals surface area contributed by atoms with Gasteiger partial charge in [0.1, 0.15) is 5.69 Å². The monoisotopic (exact) mass is 271 g/mol. The molecule has 0 saturated carbocycles. The van der Waals surface area contributed by atoms with E-state index in [9.17, 15) is 14.9 Å². The van der Waals surface area contributed by atoms with E-state index < -0.39 is 16.2 Å². The normalized spacial score (nSPS) is 11.1. The molecule has 98 valence electrons. The second kappa shape index (κ2) is 5.22. The van der Waals surface area contributed by atoms with Crippen LogP contribution in [0.25, 0.3) is 0 Å². The van der Waals surface area contributed by atoms with Gasteiger partial charge in [-0.15, -0.1) is 0 Å². The number of carbonyl (C=O) groups excluding carboxylic acids is 1. The van der Waals surface area contributed by atoms with Crippen LogP contribution in [0.4, 0.5) is 11.4 Å². The minimum atomic E-state index is -0.826. The summed E-state index contributed by atoms with van der Waals surface area (Å²) in [6, 6.07) is 4.37. The quantitative estimate of drug-likeness (QED) is 0.633. The zero-order valence-electron chi connectivity index (χ0n) is 10.1. The Balaban J connectivity index is 2.98. The Morgan fingerprint density at radius 1 is 1.56 bits per heavy atom.